The molecule has 0 saturated heterocycles. The smallest absolute Gasteiger partial charge is 0.406 e. The predicted molar refractivity (Wildman–Crippen MR) is 149 cm³/mol. The number of rotatable bonds is 6. The number of aryl methyl sites for hydroxylation is 1. The van der Waals surface area contributed by atoms with E-state index >= 15 is 0 Å². The number of hydrogen-bond donors (Lipinski definition) is 2. The van der Waals surface area contributed by atoms with Crippen LogP contribution >= 0.6 is 23.7 Å². The second-order valence-electron chi connectivity index (χ2n) is 8.41. The molecule has 198 valence electrons. The van der Waals surface area contributed by atoms with Crippen LogP contribution in [0.15, 0.2) is 83.5 Å². The molecule has 0 fully saturated rings. The summed E-state index contributed by atoms with van der Waals surface area (Å²) in [5.74, 6) is -0.291. The first-order chi connectivity index (χ1) is 18.7. The summed E-state index contributed by atoms with van der Waals surface area (Å²) in [6.45, 7) is 1.86. The zero-order valence-corrected chi connectivity index (χ0v) is 21.7. The van der Waals surface area contributed by atoms with Crippen molar-refractivity contribution in [3.63, 3.8) is 0 Å². The lowest BCUT2D eigenvalue weighted by molar-refractivity contribution is -0.274. The Morgan fingerprint density at radius 2 is 1.87 bits per heavy atom. The molecule has 5 rings (SSSR count). The van der Waals surface area contributed by atoms with Crippen molar-refractivity contribution in [2.45, 2.75) is 13.3 Å². The number of aromatic nitrogens is 2. The van der Waals surface area contributed by atoms with Crippen molar-refractivity contribution in [1.29, 1.82) is 0 Å². The molecule has 5 aromatic rings. The number of carbonyl (C=O) groups is 1. The molecule has 0 aliphatic rings. The quantitative estimate of drug-likeness (QED) is 0.161. The Morgan fingerprint density at radius 1 is 1.08 bits per heavy atom. The first-order valence-electron chi connectivity index (χ1n) is 11.4. The van der Waals surface area contributed by atoms with Crippen molar-refractivity contribution >= 4 is 63.5 Å². The van der Waals surface area contributed by atoms with E-state index in [9.17, 15) is 18.0 Å². The summed E-state index contributed by atoms with van der Waals surface area (Å²) in [6.07, 6.45) is -1.49. The molecule has 0 aliphatic heterocycles. The molecule has 0 aliphatic carbocycles. The number of anilines is 1. The van der Waals surface area contributed by atoms with Gasteiger partial charge in [-0.15, -0.1) is 13.2 Å². The summed E-state index contributed by atoms with van der Waals surface area (Å²) < 4.78 is 49.9. The van der Waals surface area contributed by atoms with Gasteiger partial charge in [-0.25, -0.2) is 14.2 Å². The molecule has 0 radical (unpaired) electrons. The maximum atomic E-state index is 12.4. The van der Waals surface area contributed by atoms with Gasteiger partial charge >= 0.3 is 12.4 Å². The Kier molecular flexibility index (Phi) is 7.36. The van der Waals surface area contributed by atoms with Crippen LogP contribution in [-0.4, -0.2) is 28.2 Å². The summed E-state index contributed by atoms with van der Waals surface area (Å²) in [5.41, 5.74) is 4.51. The van der Waals surface area contributed by atoms with E-state index in [1.807, 2.05) is 43.3 Å². The van der Waals surface area contributed by atoms with E-state index in [4.69, 9.17) is 11.6 Å². The molecular formula is C27H19ClF3N5O2S. The van der Waals surface area contributed by atoms with Gasteiger partial charge in [-0.2, -0.15) is 0 Å². The summed E-state index contributed by atoms with van der Waals surface area (Å²) in [4.78, 5) is 16.7. The van der Waals surface area contributed by atoms with Gasteiger partial charge in [0.25, 0.3) is 0 Å². The average molecular weight is 570 g/mol. The Morgan fingerprint density at radius 3 is 2.64 bits per heavy atom. The van der Waals surface area contributed by atoms with Crippen LogP contribution in [0.3, 0.4) is 0 Å². The number of fused-ring (bicyclic) bond motifs is 3. The normalized spacial score (nSPS) is 11.8. The fourth-order valence-electron chi connectivity index (χ4n) is 3.95. The molecule has 0 bridgehead atoms. The maximum Gasteiger partial charge on any atom is 0.573 e. The number of nitrogens with zero attached hydrogens (tertiary/aromatic N) is 3. The molecule has 0 atom stereocenters. The lowest BCUT2D eigenvalue weighted by atomic mass is 10.1. The molecule has 0 spiro atoms. The average Bonchev–Trinajstić information content (AvgIpc) is 3.33. The number of amides is 2. The van der Waals surface area contributed by atoms with Gasteiger partial charge in [0.2, 0.25) is 0 Å². The number of urea groups is 1. The molecule has 4 aromatic carbocycles. The van der Waals surface area contributed by atoms with E-state index in [1.54, 1.807) is 29.2 Å². The van der Waals surface area contributed by atoms with Crippen LogP contribution < -0.4 is 14.8 Å². The zero-order chi connectivity index (χ0) is 27.6. The third-order valence-corrected chi connectivity index (χ3v) is 6.47. The van der Waals surface area contributed by atoms with Gasteiger partial charge in [-0.05, 0) is 72.0 Å². The van der Waals surface area contributed by atoms with Crippen LogP contribution in [0.1, 0.15) is 11.1 Å². The number of alkyl halides is 3. The Labute approximate surface area is 229 Å². The van der Waals surface area contributed by atoms with E-state index in [2.05, 4.69) is 24.2 Å². The number of imidazole rings is 1. The van der Waals surface area contributed by atoms with E-state index in [1.165, 1.54) is 24.3 Å². The SMILES string of the molecule is Cc1ccc(Cl)cc1NC(=O)NSN=Cc1ccc2c(ccc3c2ncn3-c2ccc(OC(F)(F)F)cc2)c1. The standard InChI is InChI=1S/C27H19ClF3N5O2S/c1-16-2-5-19(28)13-23(16)34-26(37)35-39-33-14-17-3-10-22-18(12-17)4-11-24-25(22)32-15-36(24)20-6-8-21(9-7-20)38-27(29,30)31/h2-15H,1H3,(H2,34,35,37). The van der Waals surface area contributed by atoms with Crippen molar-refractivity contribution in [2.75, 3.05) is 5.32 Å². The lowest BCUT2D eigenvalue weighted by Gasteiger charge is -2.10. The van der Waals surface area contributed by atoms with E-state index < -0.39 is 12.4 Å². The van der Waals surface area contributed by atoms with Crippen LogP contribution in [-0.2, 0) is 0 Å². The van der Waals surface area contributed by atoms with Crippen molar-refractivity contribution in [1.82, 2.24) is 14.3 Å². The van der Waals surface area contributed by atoms with Gasteiger partial charge in [0.05, 0.1) is 23.2 Å². The number of carbonyl (C=O) groups excluding carboxylic acids is 1. The Bertz CT molecular complexity index is 1700. The van der Waals surface area contributed by atoms with Crippen LogP contribution in [0, 0.1) is 6.92 Å². The first-order valence-corrected chi connectivity index (χ1v) is 12.6. The summed E-state index contributed by atoms with van der Waals surface area (Å²) in [6, 6.07) is 20.0. The summed E-state index contributed by atoms with van der Waals surface area (Å²) >= 11 is 6.87. The van der Waals surface area contributed by atoms with Crippen LogP contribution in [0.5, 0.6) is 5.75 Å². The molecule has 2 amide bonds. The molecule has 2 N–H and O–H groups in total. The van der Waals surface area contributed by atoms with Gasteiger partial charge in [-0.3, -0.25) is 9.29 Å². The fourth-order valence-corrected chi connectivity index (χ4v) is 4.49. The number of halogens is 4. The zero-order valence-electron chi connectivity index (χ0n) is 20.2. The highest BCUT2D eigenvalue weighted by Gasteiger charge is 2.31. The van der Waals surface area contributed by atoms with Crippen molar-refractivity contribution in [3.05, 3.63) is 95.3 Å². The van der Waals surface area contributed by atoms with Crippen molar-refractivity contribution in [3.8, 4) is 11.4 Å². The van der Waals surface area contributed by atoms with Crippen LogP contribution in [0.25, 0.3) is 27.5 Å². The topological polar surface area (TPSA) is 80.5 Å². The molecular weight excluding hydrogens is 551 g/mol. The largest absolute Gasteiger partial charge is 0.573 e. The minimum absolute atomic E-state index is 0.291. The first kappa shape index (κ1) is 26.4. The fraction of sp³-hybridized carbons (Fsp3) is 0.0741. The molecule has 12 heteroatoms. The van der Waals surface area contributed by atoms with Gasteiger partial charge in [0.15, 0.2) is 0 Å². The number of nitrogens with one attached hydrogen (secondary N) is 2. The highest BCUT2D eigenvalue weighted by Crippen LogP contribution is 2.29. The molecule has 1 aromatic heterocycles. The Hall–Kier alpha value is -4.22. The summed E-state index contributed by atoms with van der Waals surface area (Å²) in [7, 11) is 0. The lowest BCUT2D eigenvalue weighted by Crippen LogP contribution is -2.22. The molecule has 7 nitrogen and oxygen atoms in total. The van der Waals surface area contributed by atoms with Gasteiger partial charge < -0.3 is 10.1 Å². The third-order valence-electron chi connectivity index (χ3n) is 5.75. The van der Waals surface area contributed by atoms with E-state index in [-0.39, 0.29) is 5.75 Å². The van der Waals surface area contributed by atoms with Gasteiger partial charge in [0.1, 0.15) is 12.1 Å². The van der Waals surface area contributed by atoms with E-state index in [0.717, 1.165) is 45.1 Å². The van der Waals surface area contributed by atoms with Crippen LogP contribution in [0.4, 0.5) is 23.7 Å². The van der Waals surface area contributed by atoms with E-state index in [0.29, 0.717) is 16.4 Å². The third kappa shape index (κ3) is 6.27. The highest BCUT2D eigenvalue weighted by atomic mass is 35.5. The van der Waals surface area contributed by atoms with Crippen molar-refractivity contribution < 1.29 is 22.7 Å². The minimum Gasteiger partial charge on any atom is -0.406 e. The van der Waals surface area contributed by atoms with Gasteiger partial charge in [0, 0.05) is 28.0 Å². The molecule has 39 heavy (non-hydrogen) atoms. The molecule has 0 saturated carbocycles. The number of hydrogen-bond acceptors (Lipinski definition) is 5. The Balaban J connectivity index is 1.27. The maximum absolute atomic E-state index is 12.4. The number of ether oxygens (including phenoxy) is 1. The van der Waals surface area contributed by atoms with Crippen LogP contribution in [0.2, 0.25) is 5.02 Å². The molecule has 1 heterocycles. The molecule has 0 unspecified atom stereocenters. The predicted octanol–water partition coefficient (Wildman–Crippen LogP) is 7.84. The monoisotopic (exact) mass is 569 g/mol. The van der Waals surface area contributed by atoms with Crippen molar-refractivity contribution in [2.24, 2.45) is 4.40 Å². The number of benzene rings is 4. The highest BCUT2D eigenvalue weighted by molar-refractivity contribution is 7.96. The second-order valence-corrected chi connectivity index (χ2v) is 9.45. The minimum atomic E-state index is -4.74. The second kappa shape index (κ2) is 10.9. The van der Waals surface area contributed by atoms with Gasteiger partial charge in [-0.1, -0.05) is 35.9 Å². The summed E-state index contributed by atoms with van der Waals surface area (Å²) in [5, 5.41) is 5.08.